The lowest BCUT2D eigenvalue weighted by atomic mass is 10.0. The lowest BCUT2D eigenvalue weighted by Gasteiger charge is -2.20. The SMILES string of the molecule is CC(C)Cn1c(SCC(=O)Nc2ccccc2C#N)nnc1C(C)Oc1ccccc1C(C)C. The maximum absolute atomic E-state index is 12.5. The number of nitrogens with one attached hydrogen (secondary N) is 1. The van der Waals surface area contributed by atoms with Gasteiger partial charge in [-0.3, -0.25) is 4.79 Å². The van der Waals surface area contributed by atoms with Crippen molar-refractivity contribution in [2.45, 2.75) is 58.3 Å². The highest BCUT2D eigenvalue weighted by atomic mass is 32.2. The van der Waals surface area contributed by atoms with Crippen molar-refractivity contribution in [2.24, 2.45) is 5.92 Å². The molecule has 3 aromatic rings. The summed E-state index contributed by atoms with van der Waals surface area (Å²) in [7, 11) is 0. The first-order valence-electron chi connectivity index (χ1n) is 11.4. The average Bonchev–Trinajstić information content (AvgIpc) is 3.20. The van der Waals surface area contributed by atoms with Gasteiger partial charge in [0.05, 0.1) is 17.0 Å². The second kappa shape index (κ2) is 11.7. The first-order chi connectivity index (χ1) is 16.3. The van der Waals surface area contributed by atoms with Crippen LogP contribution < -0.4 is 10.1 Å². The third kappa shape index (κ3) is 6.39. The van der Waals surface area contributed by atoms with Crippen molar-refractivity contribution in [2.75, 3.05) is 11.1 Å². The first kappa shape index (κ1) is 25.3. The van der Waals surface area contributed by atoms with E-state index in [1.54, 1.807) is 24.3 Å². The zero-order chi connectivity index (χ0) is 24.7. The summed E-state index contributed by atoms with van der Waals surface area (Å²) in [5.74, 6) is 2.22. The largest absolute Gasteiger partial charge is 0.482 e. The van der Waals surface area contributed by atoms with Gasteiger partial charge in [0.2, 0.25) is 5.91 Å². The molecule has 3 rings (SSSR count). The number of amides is 1. The molecule has 34 heavy (non-hydrogen) atoms. The van der Waals surface area contributed by atoms with Crippen LogP contribution in [0.5, 0.6) is 5.75 Å². The van der Waals surface area contributed by atoms with E-state index in [0.717, 1.165) is 17.1 Å². The Kier molecular flexibility index (Phi) is 8.72. The Morgan fingerprint density at radius 3 is 2.50 bits per heavy atom. The van der Waals surface area contributed by atoms with Gasteiger partial charge >= 0.3 is 0 Å². The van der Waals surface area contributed by atoms with E-state index in [-0.39, 0.29) is 17.8 Å². The number of carbonyl (C=O) groups excluding carboxylic acids is 1. The Balaban J connectivity index is 1.75. The summed E-state index contributed by atoms with van der Waals surface area (Å²) < 4.78 is 8.35. The van der Waals surface area contributed by atoms with Crippen molar-refractivity contribution < 1.29 is 9.53 Å². The Hall–Kier alpha value is -3.31. The van der Waals surface area contributed by atoms with Crippen LogP contribution in [0.25, 0.3) is 0 Å². The van der Waals surface area contributed by atoms with Gasteiger partial charge in [-0.05, 0) is 42.5 Å². The molecule has 0 aliphatic rings. The minimum absolute atomic E-state index is 0.154. The number of nitrogens with zero attached hydrogens (tertiary/aromatic N) is 4. The molecule has 0 bridgehead atoms. The number of hydrogen-bond acceptors (Lipinski definition) is 6. The number of thioether (sulfide) groups is 1. The number of carbonyl (C=O) groups is 1. The van der Waals surface area contributed by atoms with Crippen LogP contribution in [0.4, 0.5) is 5.69 Å². The molecule has 0 spiro atoms. The van der Waals surface area contributed by atoms with Crippen LogP contribution in [0.15, 0.2) is 53.7 Å². The summed E-state index contributed by atoms with van der Waals surface area (Å²) in [5.41, 5.74) is 2.08. The van der Waals surface area contributed by atoms with E-state index in [4.69, 9.17) is 4.74 Å². The molecule has 1 N–H and O–H groups in total. The number of benzene rings is 2. The molecule has 1 heterocycles. The van der Waals surface area contributed by atoms with Crippen LogP contribution in [0.3, 0.4) is 0 Å². The van der Waals surface area contributed by atoms with Gasteiger partial charge in [-0.25, -0.2) is 0 Å². The topological polar surface area (TPSA) is 92.8 Å². The van der Waals surface area contributed by atoms with Crippen LogP contribution in [0.2, 0.25) is 0 Å². The van der Waals surface area contributed by atoms with Crippen LogP contribution in [0, 0.1) is 17.2 Å². The molecule has 0 aliphatic heterocycles. The molecule has 178 valence electrons. The third-order valence-electron chi connectivity index (χ3n) is 5.16. The Labute approximate surface area is 205 Å². The van der Waals surface area contributed by atoms with Crippen LogP contribution in [0.1, 0.15) is 63.6 Å². The van der Waals surface area contributed by atoms with E-state index in [1.165, 1.54) is 11.8 Å². The number of para-hydroxylation sites is 2. The second-order valence-electron chi connectivity index (χ2n) is 8.79. The van der Waals surface area contributed by atoms with Gasteiger partial charge in [0.1, 0.15) is 11.8 Å². The highest BCUT2D eigenvalue weighted by molar-refractivity contribution is 7.99. The van der Waals surface area contributed by atoms with Crippen molar-refractivity contribution in [3.05, 3.63) is 65.5 Å². The number of hydrogen-bond donors (Lipinski definition) is 1. The number of anilines is 1. The molecule has 2 aromatic carbocycles. The van der Waals surface area contributed by atoms with Gasteiger partial charge in [-0.1, -0.05) is 69.8 Å². The standard InChI is InChI=1S/C26H31N5O2S/c1-17(2)15-31-25(19(5)33-23-13-9-7-11-21(23)18(3)4)29-30-26(31)34-16-24(32)28-22-12-8-6-10-20(22)14-27/h6-13,17-19H,15-16H2,1-5H3,(H,28,32). The molecule has 8 heteroatoms. The van der Waals surface area contributed by atoms with Gasteiger partial charge < -0.3 is 14.6 Å². The molecule has 0 saturated carbocycles. The normalized spacial score (nSPS) is 11.9. The molecule has 0 aliphatic carbocycles. The van der Waals surface area contributed by atoms with Crippen LogP contribution >= 0.6 is 11.8 Å². The maximum atomic E-state index is 12.5. The van der Waals surface area contributed by atoms with Crippen LogP contribution in [-0.4, -0.2) is 26.4 Å². The zero-order valence-corrected chi connectivity index (χ0v) is 21.1. The summed E-state index contributed by atoms with van der Waals surface area (Å²) in [6.07, 6.45) is -0.308. The fraction of sp³-hybridized carbons (Fsp3) is 0.385. The summed E-state index contributed by atoms with van der Waals surface area (Å²) >= 11 is 1.32. The summed E-state index contributed by atoms with van der Waals surface area (Å²) in [4.78, 5) is 12.5. The summed E-state index contributed by atoms with van der Waals surface area (Å²) in [6, 6.07) is 17.1. The number of ether oxygens (including phenoxy) is 1. The number of nitriles is 1. The quantitative estimate of drug-likeness (QED) is 0.371. The lowest BCUT2D eigenvalue weighted by Crippen LogP contribution is -2.17. The molecule has 1 unspecified atom stereocenters. The Morgan fingerprint density at radius 1 is 1.09 bits per heavy atom. The fourth-order valence-corrected chi connectivity index (χ4v) is 4.31. The highest BCUT2D eigenvalue weighted by Crippen LogP contribution is 2.31. The molecule has 1 atom stereocenters. The van der Waals surface area contributed by atoms with Crippen molar-refractivity contribution in [1.29, 1.82) is 5.26 Å². The van der Waals surface area contributed by atoms with E-state index >= 15 is 0 Å². The van der Waals surface area contributed by atoms with Gasteiger partial charge in [0.25, 0.3) is 0 Å². The molecule has 7 nitrogen and oxygen atoms in total. The van der Waals surface area contributed by atoms with Crippen molar-refractivity contribution in [3.8, 4) is 11.8 Å². The van der Waals surface area contributed by atoms with Crippen molar-refractivity contribution in [3.63, 3.8) is 0 Å². The van der Waals surface area contributed by atoms with E-state index in [9.17, 15) is 10.1 Å². The monoisotopic (exact) mass is 477 g/mol. The van der Waals surface area contributed by atoms with Crippen LogP contribution in [-0.2, 0) is 11.3 Å². The summed E-state index contributed by atoms with van der Waals surface area (Å²) in [6.45, 7) is 11.2. The van der Waals surface area contributed by atoms with E-state index < -0.39 is 0 Å². The van der Waals surface area contributed by atoms with E-state index in [1.807, 2.05) is 29.7 Å². The Morgan fingerprint density at radius 2 is 1.79 bits per heavy atom. The number of rotatable bonds is 10. The molecule has 1 amide bonds. The van der Waals surface area contributed by atoms with E-state index in [0.29, 0.717) is 34.8 Å². The minimum atomic E-state index is -0.308. The Bertz CT molecular complexity index is 1170. The molecule has 0 saturated heterocycles. The number of aromatic nitrogens is 3. The van der Waals surface area contributed by atoms with Gasteiger partial charge in [-0.15, -0.1) is 10.2 Å². The third-order valence-corrected chi connectivity index (χ3v) is 6.12. The van der Waals surface area contributed by atoms with Gasteiger partial charge in [0.15, 0.2) is 17.1 Å². The molecule has 1 aromatic heterocycles. The fourth-order valence-electron chi connectivity index (χ4n) is 3.56. The molecular formula is C26H31N5O2S. The van der Waals surface area contributed by atoms with Crippen molar-refractivity contribution in [1.82, 2.24) is 14.8 Å². The second-order valence-corrected chi connectivity index (χ2v) is 9.73. The summed E-state index contributed by atoms with van der Waals surface area (Å²) in [5, 5.41) is 21.5. The van der Waals surface area contributed by atoms with E-state index in [2.05, 4.69) is 55.3 Å². The smallest absolute Gasteiger partial charge is 0.234 e. The maximum Gasteiger partial charge on any atom is 0.234 e. The molecular weight excluding hydrogens is 446 g/mol. The predicted octanol–water partition coefficient (Wildman–Crippen LogP) is 5.80. The molecule has 0 fully saturated rings. The predicted molar refractivity (Wildman–Crippen MR) is 135 cm³/mol. The average molecular weight is 478 g/mol. The molecule has 0 radical (unpaired) electrons. The van der Waals surface area contributed by atoms with Crippen molar-refractivity contribution >= 4 is 23.4 Å². The lowest BCUT2D eigenvalue weighted by molar-refractivity contribution is -0.113. The minimum Gasteiger partial charge on any atom is -0.482 e. The van der Waals surface area contributed by atoms with Gasteiger partial charge in [0, 0.05) is 6.54 Å². The zero-order valence-electron chi connectivity index (χ0n) is 20.3. The van der Waals surface area contributed by atoms with Gasteiger partial charge in [-0.2, -0.15) is 5.26 Å². The highest BCUT2D eigenvalue weighted by Gasteiger charge is 2.22. The first-order valence-corrected chi connectivity index (χ1v) is 12.4.